The van der Waals surface area contributed by atoms with Crippen LogP contribution in [-0.2, 0) is 17.5 Å². The van der Waals surface area contributed by atoms with Crippen LogP contribution in [0.25, 0.3) is 10.9 Å². The van der Waals surface area contributed by atoms with Gasteiger partial charge in [0.15, 0.2) is 0 Å². The standard InChI is InChI=1S/C21H28F3N3O3/c1-13-7-6-8-26(11-13)12-14-9-15-16(21(22,23)24)10-25-18(29-5)17(15)27(14)19(28)30-20(2,3)4/h9-10,13H,6-8,11-12H2,1-5H3/t13-/m0/s1. The molecule has 3 heterocycles. The van der Waals surface area contributed by atoms with E-state index in [1.54, 1.807) is 20.8 Å². The normalized spacial score (nSPS) is 18.6. The van der Waals surface area contributed by atoms with E-state index in [9.17, 15) is 18.0 Å². The minimum absolute atomic E-state index is 0.0263. The lowest BCUT2D eigenvalue weighted by molar-refractivity contribution is -0.136. The van der Waals surface area contributed by atoms with Gasteiger partial charge in [-0.05, 0) is 52.1 Å². The zero-order chi connectivity index (χ0) is 22.3. The SMILES string of the molecule is COc1ncc(C(F)(F)F)c2cc(CN3CCC[C@H](C)C3)n(C(=O)OC(C)(C)C)c12. The van der Waals surface area contributed by atoms with Crippen LogP contribution < -0.4 is 4.74 Å². The Morgan fingerprint density at radius 1 is 1.30 bits per heavy atom. The van der Waals surface area contributed by atoms with Crippen molar-refractivity contribution in [1.82, 2.24) is 14.5 Å². The molecule has 6 nitrogen and oxygen atoms in total. The van der Waals surface area contributed by atoms with Crippen molar-refractivity contribution in [2.45, 2.75) is 58.9 Å². The Bertz CT molecular complexity index is 931. The number of carbonyl (C=O) groups excluding carboxylic acids is 1. The fourth-order valence-electron chi connectivity index (χ4n) is 3.90. The van der Waals surface area contributed by atoms with Crippen LogP contribution in [0.2, 0.25) is 0 Å². The van der Waals surface area contributed by atoms with E-state index in [4.69, 9.17) is 9.47 Å². The molecule has 0 radical (unpaired) electrons. The predicted molar refractivity (Wildman–Crippen MR) is 107 cm³/mol. The van der Waals surface area contributed by atoms with E-state index < -0.39 is 23.4 Å². The molecule has 1 atom stereocenters. The average Bonchev–Trinajstić information content (AvgIpc) is 2.97. The second-order valence-corrected chi connectivity index (χ2v) is 8.88. The predicted octanol–water partition coefficient (Wildman–Crippen LogP) is 5.08. The number of halogens is 3. The van der Waals surface area contributed by atoms with Crippen LogP contribution in [0.4, 0.5) is 18.0 Å². The van der Waals surface area contributed by atoms with Gasteiger partial charge in [-0.25, -0.2) is 14.3 Å². The number of nitrogens with zero attached hydrogens (tertiary/aromatic N) is 3. The van der Waals surface area contributed by atoms with Crippen LogP contribution in [0, 0.1) is 5.92 Å². The largest absolute Gasteiger partial charge is 0.479 e. The first kappa shape index (κ1) is 22.4. The molecule has 30 heavy (non-hydrogen) atoms. The van der Waals surface area contributed by atoms with Gasteiger partial charge in [0.05, 0.1) is 12.7 Å². The van der Waals surface area contributed by atoms with Crippen LogP contribution in [0.5, 0.6) is 5.88 Å². The van der Waals surface area contributed by atoms with Gasteiger partial charge in [0.1, 0.15) is 11.1 Å². The number of alkyl halides is 3. The number of hydrogen-bond donors (Lipinski definition) is 0. The zero-order valence-electron chi connectivity index (χ0n) is 18.0. The molecule has 9 heteroatoms. The molecule has 3 rings (SSSR count). The molecule has 2 aromatic heterocycles. The third kappa shape index (κ3) is 4.71. The minimum atomic E-state index is -4.62. The second-order valence-electron chi connectivity index (χ2n) is 8.88. The Labute approximate surface area is 174 Å². The summed E-state index contributed by atoms with van der Waals surface area (Å²) >= 11 is 0. The third-order valence-electron chi connectivity index (χ3n) is 5.08. The number of aromatic nitrogens is 2. The van der Waals surface area contributed by atoms with Crippen molar-refractivity contribution in [3.63, 3.8) is 0 Å². The van der Waals surface area contributed by atoms with Gasteiger partial charge in [-0.2, -0.15) is 13.2 Å². The van der Waals surface area contributed by atoms with Gasteiger partial charge in [-0.3, -0.25) is 4.90 Å². The summed E-state index contributed by atoms with van der Waals surface area (Å²) in [6.45, 7) is 9.24. The average molecular weight is 427 g/mol. The first-order chi connectivity index (χ1) is 13.9. The Kier molecular flexibility index (Phi) is 6.04. The molecule has 1 saturated heterocycles. The van der Waals surface area contributed by atoms with E-state index >= 15 is 0 Å². The van der Waals surface area contributed by atoms with Gasteiger partial charge in [-0.1, -0.05) is 6.92 Å². The number of likely N-dealkylation sites (tertiary alicyclic amines) is 1. The smallest absolute Gasteiger partial charge is 0.419 e. The van der Waals surface area contributed by atoms with Gasteiger partial charge < -0.3 is 9.47 Å². The van der Waals surface area contributed by atoms with Crippen molar-refractivity contribution in [2.24, 2.45) is 5.92 Å². The van der Waals surface area contributed by atoms with Crippen molar-refractivity contribution in [3.8, 4) is 5.88 Å². The first-order valence-electron chi connectivity index (χ1n) is 10.0. The molecule has 0 aromatic carbocycles. The summed E-state index contributed by atoms with van der Waals surface area (Å²) in [5, 5.41) is -0.125. The number of carbonyl (C=O) groups is 1. The number of rotatable bonds is 3. The highest BCUT2D eigenvalue weighted by molar-refractivity contribution is 5.96. The fraction of sp³-hybridized carbons (Fsp3) is 0.619. The first-order valence-corrected chi connectivity index (χ1v) is 10.0. The monoisotopic (exact) mass is 427 g/mol. The van der Waals surface area contributed by atoms with Crippen LogP contribution in [0.3, 0.4) is 0 Å². The van der Waals surface area contributed by atoms with E-state index in [1.165, 1.54) is 17.7 Å². The van der Waals surface area contributed by atoms with Gasteiger partial charge >= 0.3 is 12.3 Å². The maximum absolute atomic E-state index is 13.7. The van der Waals surface area contributed by atoms with Gasteiger partial charge in [0, 0.05) is 30.4 Å². The molecule has 1 aliphatic rings. The molecule has 0 N–H and O–H groups in total. The zero-order valence-corrected chi connectivity index (χ0v) is 18.0. The van der Waals surface area contributed by atoms with Crippen molar-refractivity contribution in [3.05, 3.63) is 23.5 Å². The van der Waals surface area contributed by atoms with Crippen LogP contribution in [0.15, 0.2) is 12.3 Å². The van der Waals surface area contributed by atoms with Gasteiger partial charge in [0.2, 0.25) is 5.88 Å². The number of piperidine rings is 1. The molecular formula is C21H28F3N3O3. The molecule has 0 bridgehead atoms. The van der Waals surface area contributed by atoms with E-state index in [-0.39, 0.29) is 16.8 Å². The number of hydrogen-bond acceptors (Lipinski definition) is 5. The summed E-state index contributed by atoms with van der Waals surface area (Å²) in [6, 6.07) is 1.41. The van der Waals surface area contributed by atoms with Crippen LogP contribution in [0.1, 0.15) is 51.8 Å². The lowest BCUT2D eigenvalue weighted by atomic mass is 10.0. The maximum atomic E-state index is 13.7. The fourth-order valence-corrected chi connectivity index (χ4v) is 3.90. The highest BCUT2D eigenvalue weighted by Gasteiger charge is 2.36. The second kappa shape index (κ2) is 8.09. The molecule has 0 saturated carbocycles. The highest BCUT2D eigenvalue weighted by Crippen LogP contribution is 2.39. The number of pyridine rings is 1. The topological polar surface area (TPSA) is 56.6 Å². The number of methoxy groups -OCH3 is 1. The number of ether oxygens (including phenoxy) is 2. The van der Waals surface area contributed by atoms with E-state index in [0.717, 1.165) is 32.1 Å². The molecular weight excluding hydrogens is 399 g/mol. The van der Waals surface area contributed by atoms with Crippen molar-refractivity contribution in [1.29, 1.82) is 0 Å². The van der Waals surface area contributed by atoms with Gasteiger partial charge in [0.25, 0.3) is 0 Å². The lowest BCUT2D eigenvalue weighted by Crippen LogP contribution is -2.35. The summed E-state index contributed by atoms with van der Waals surface area (Å²) in [5.41, 5.74) is -1.33. The summed E-state index contributed by atoms with van der Waals surface area (Å²) in [6.07, 6.45) is -2.51. The molecule has 1 fully saturated rings. The van der Waals surface area contributed by atoms with Gasteiger partial charge in [-0.15, -0.1) is 0 Å². The molecule has 2 aromatic rings. The summed E-state index contributed by atoms with van der Waals surface area (Å²) in [5.74, 6) is 0.433. The van der Waals surface area contributed by atoms with E-state index in [0.29, 0.717) is 18.2 Å². The molecule has 1 aliphatic heterocycles. The Morgan fingerprint density at radius 2 is 2.00 bits per heavy atom. The summed E-state index contributed by atoms with van der Waals surface area (Å²) in [7, 11) is 1.31. The van der Waals surface area contributed by atoms with E-state index in [1.807, 2.05) is 0 Å². The Hall–Kier alpha value is -2.29. The molecule has 0 amide bonds. The molecule has 0 unspecified atom stereocenters. The van der Waals surface area contributed by atoms with Crippen molar-refractivity contribution >= 4 is 17.0 Å². The quantitative estimate of drug-likeness (QED) is 0.684. The van der Waals surface area contributed by atoms with Crippen molar-refractivity contribution < 1.29 is 27.4 Å². The molecule has 0 aliphatic carbocycles. The maximum Gasteiger partial charge on any atom is 0.419 e. The van der Waals surface area contributed by atoms with Crippen LogP contribution >= 0.6 is 0 Å². The summed E-state index contributed by atoms with van der Waals surface area (Å²) in [4.78, 5) is 19.0. The van der Waals surface area contributed by atoms with Crippen molar-refractivity contribution in [2.75, 3.05) is 20.2 Å². The Balaban J connectivity index is 2.19. The van der Waals surface area contributed by atoms with E-state index in [2.05, 4.69) is 16.8 Å². The highest BCUT2D eigenvalue weighted by atomic mass is 19.4. The van der Waals surface area contributed by atoms with Crippen LogP contribution in [-0.4, -0.2) is 46.3 Å². The lowest BCUT2D eigenvalue weighted by Gasteiger charge is -2.31. The number of fused-ring (bicyclic) bond motifs is 1. The summed E-state index contributed by atoms with van der Waals surface area (Å²) < 4.78 is 52.9. The Morgan fingerprint density at radius 3 is 2.57 bits per heavy atom. The third-order valence-corrected chi connectivity index (χ3v) is 5.08. The molecule has 166 valence electrons. The minimum Gasteiger partial charge on any atom is -0.479 e. The molecule has 0 spiro atoms.